The summed E-state index contributed by atoms with van der Waals surface area (Å²) in [5.41, 5.74) is 0.575. The van der Waals surface area contributed by atoms with Gasteiger partial charge in [-0.1, -0.05) is 24.3 Å². The number of nitrogens with zero attached hydrogens (tertiary/aromatic N) is 1. The topological polar surface area (TPSA) is 67.3 Å². The van der Waals surface area contributed by atoms with Gasteiger partial charge in [0.15, 0.2) is 0 Å². The van der Waals surface area contributed by atoms with E-state index in [1.165, 1.54) is 6.07 Å². The number of fused-ring (bicyclic) bond motifs is 1. The largest absolute Gasteiger partial charge is 0.475 e. The van der Waals surface area contributed by atoms with Crippen molar-refractivity contribution in [2.24, 2.45) is 0 Å². The summed E-state index contributed by atoms with van der Waals surface area (Å²) in [6.45, 7) is 0. The molecule has 4 nitrogen and oxygen atoms in total. The minimum absolute atomic E-state index is 0.0406. The Morgan fingerprint density at radius 3 is 2.53 bits per heavy atom. The zero-order chi connectivity index (χ0) is 10.8. The normalized spacial score (nSPS) is 10.1. The first-order valence-corrected chi connectivity index (χ1v) is 4.32. The summed E-state index contributed by atoms with van der Waals surface area (Å²) in [5.74, 6) is -2.47. The number of carbonyl (C=O) groups is 2. The first kappa shape index (κ1) is 9.33. The highest BCUT2D eigenvalue weighted by Gasteiger charge is 2.15. The van der Waals surface area contributed by atoms with E-state index in [9.17, 15) is 9.59 Å². The first-order chi connectivity index (χ1) is 7.18. The standard InChI is InChI=1S/C11H7NO3/c13-10(11(14)15)9-6-5-7-3-1-2-4-8(7)12-9/h1-6H,(H,14,15). The molecule has 0 radical (unpaired) electrons. The van der Waals surface area contributed by atoms with E-state index >= 15 is 0 Å². The monoisotopic (exact) mass is 201 g/mol. The van der Waals surface area contributed by atoms with Gasteiger partial charge in [0.1, 0.15) is 5.69 Å². The lowest BCUT2D eigenvalue weighted by Crippen LogP contribution is -2.14. The molecule has 74 valence electrons. The lowest BCUT2D eigenvalue weighted by atomic mass is 10.2. The highest BCUT2D eigenvalue weighted by atomic mass is 16.4. The van der Waals surface area contributed by atoms with Crippen molar-refractivity contribution in [3.05, 3.63) is 42.1 Å². The lowest BCUT2D eigenvalue weighted by molar-refractivity contribution is -0.131. The Morgan fingerprint density at radius 1 is 1.07 bits per heavy atom. The van der Waals surface area contributed by atoms with Gasteiger partial charge in [0.25, 0.3) is 5.78 Å². The van der Waals surface area contributed by atoms with Crippen LogP contribution < -0.4 is 0 Å². The molecule has 0 aliphatic heterocycles. The van der Waals surface area contributed by atoms with Crippen LogP contribution in [0.2, 0.25) is 0 Å². The van der Waals surface area contributed by atoms with Crippen molar-refractivity contribution in [3.8, 4) is 0 Å². The molecule has 2 rings (SSSR count). The molecular weight excluding hydrogens is 194 g/mol. The molecule has 1 N–H and O–H groups in total. The van der Waals surface area contributed by atoms with Crippen LogP contribution in [0.4, 0.5) is 0 Å². The molecule has 0 unspecified atom stereocenters. The molecule has 0 saturated carbocycles. The third-order valence-corrected chi connectivity index (χ3v) is 2.03. The molecule has 0 saturated heterocycles. The Hall–Kier alpha value is -2.23. The fraction of sp³-hybridized carbons (Fsp3) is 0. The van der Waals surface area contributed by atoms with E-state index in [1.54, 1.807) is 18.2 Å². The fourth-order valence-corrected chi connectivity index (χ4v) is 1.30. The highest BCUT2D eigenvalue weighted by molar-refractivity contribution is 6.39. The molecule has 1 aromatic heterocycles. The molecule has 4 heteroatoms. The molecule has 0 bridgehead atoms. The number of hydrogen-bond donors (Lipinski definition) is 1. The molecule has 0 spiro atoms. The molecule has 1 heterocycles. The quantitative estimate of drug-likeness (QED) is 0.590. The van der Waals surface area contributed by atoms with Gasteiger partial charge in [-0.3, -0.25) is 4.79 Å². The first-order valence-electron chi connectivity index (χ1n) is 4.32. The average molecular weight is 201 g/mol. The van der Waals surface area contributed by atoms with E-state index in [1.807, 2.05) is 12.1 Å². The summed E-state index contributed by atoms with van der Waals surface area (Å²) in [5, 5.41) is 9.39. The number of aromatic nitrogens is 1. The van der Waals surface area contributed by atoms with Crippen LogP contribution in [-0.2, 0) is 4.79 Å². The van der Waals surface area contributed by atoms with E-state index < -0.39 is 11.8 Å². The molecule has 0 fully saturated rings. The molecule has 0 aliphatic rings. The predicted molar refractivity (Wildman–Crippen MR) is 53.7 cm³/mol. The zero-order valence-electron chi connectivity index (χ0n) is 7.68. The Kier molecular flexibility index (Phi) is 2.17. The van der Waals surface area contributed by atoms with E-state index in [0.717, 1.165) is 5.39 Å². The summed E-state index contributed by atoms with van der Waals surface area (Å²) in [4.78, 5) is 25.5. The molecule has 15 heavy (non-hydrogen) atoms. The fourth-order valence-electron chi connectivity index (χ4n) is 1.30. The number of hydrogen-bond acceptors (Lipinski definition) is 3. The Labute approximate surface area is 85.2 Å². The van der Waals surface area contributed by atoms with E-state index in [-0.39, 0.29) is 5.69 Å². The molecular formula is C11H7NO3. The summed E-state index contributed by atoms with van der Waals surface area (Å²) < 4.78 is 0. The molecule has 0 atom stereocenters. The second-order valence-corrected chi connectivity index (χ2v) is 3.02. The van der Waals surface area contributed by atoms with Crippen LogP contribution in [0.5, 0.6) is 0 Å². The number of Topliss-reactive ketones (excluding diaryl/α,β-unsaturated/α-hetero) is 1. The molecule has 2 aromatic rings. The summed E-state index contributed by atoms with van der Waals surface area (Å²) in [6, 6.07) is 10.3. The minimum Gasteiger partial charge on any atom is -0.475 e. The number of aliphatic carboxylic acids is 1. The van der Waals surface area contributed by atoms with Gasteiger partial charge in [-0.25, -0.2) is 9.78 Å². The maximum atomic E-state index is 11.1. The van der Waals surface area contributed by atoms with Crippen LogP contribution in [0.3, 0.4) is 0 Å². The van der Waals surface area contributed by atoms with Gasteiger partial charge in [0, 0.05) is 5.39 Å². The van der Waals surface area contributed by atoms with E-state index in [4.69, 9.17) is 5.11 Å². The molecule has 1 aromatic carbocycles. The number of carbonyl (C=O) groups excluding carboxylic acids is 1. The number of rotatable bonds is 2. The number of pyridine rings is 1. The lowest BCUT2D eigenvalue weighted by Gasteiger charge is -1.98. The second kappa shape index (κ2) is 3.49. The molecule has 0 amide bonds. The van der Waals surface area contributed by atoms with Gasteiger partial charge in [0.05, 0.1) is 5.52 Å². The van der Waals surface area contributed by atoms with Gasteiger partial charge < -0.3 is 5.11 Å². The van der Waals surface area contributed by atoms with Crippen molar-refractivity contribution in [1.29, 1.82) is 0 Å². The van der Waals surface area contributed by atoms with Gasteiger partial charge in [-0.05, 0) is 12.1 Å². The van der Waals surface area contributed by atoms with E-state index in [0.29, 0.717) is 5.52 Å². The van der Waals surface area contributed by atoms with Crippen molar-refractivity contribution < 1.29 is 14.7 Å². The van der Waals surface area contributed by atoms with E-state index in [2.05, 4.69) is 4.98 Å². The number of benzene rings is 1. The van der Waals surface area contributed by atoms with Crippen LogP contribution in [0.25, 0.3) is 10.9 Å². The van der Waals surface area contributed by atoms with Crippen molar-refractivity contribution in [1.82, 2.24) is 4.98 Å². The van der Waals surface area contributed by atoms with Gasteiger partial charge in [-0.15, -0.1) is 0 Å². The summed E-state index contributed by atoms with van der Waals surface area (Å²) in [6.07, 6.45) is 0. The van der Waals surface area contributed by atoms with Crippen LogP contribution in [0.15, 0.2) is 36.4 Å². The maximum absolute atomic E-state index is 11.1. The number of ketones is 1. The smallest absolute Gasteiger partial charge is 0.378 e. The van der Waals surface area contributed by atoms with Crippen molar-refractivity contribution >= 4 is 22.7 Å². The van der Waals surface area contributed by atoms with Gasteiger partial charge in [0.2, 0.25) is 0 Å². The van der Waals surface area contributed by atoms with Gasteiger partial charge in [-0.2, -0.15) is 0 Å². The summed E-state index contributed by atoms with van der Waals surface area (Å²) in [7, 11) is 0. The minimum atomic E-state index is -1.49. The number of para-hydroxylation sites is 1. The maximum Gasteiger partial charge on any atom is 0.378 e. The second-order valence-electron chi connectivity index (χ2n) is 3.02. The number of carboxylic acids is 1. The van der Waals surface area contributed by atoms with Crippen molar-refractivity contribution in [3.63, 3.8) is 0 Å². The van der Waals surface area contributed by atoms with Crippen molar-refractivity contribution in [2.75, 3.05) is 0 Å². The molecule has 0 aliphatic carbocycles. The average Bonchev–Trinajstić information content (AvgIpc) is 2.27. The van der Waals surface area contributed by atoms with Crippen LogP contribution >= 0.6 is 0 Å². The van der Waals surface area contributed by atoms with Crippen LogP contribution in [0, 0.1) is 0 Å². The Morgan fingerprint density at radius 2 is 1.80 bits per heavy atom. The SMILES string of the molecule is O=C(O)C(=O)c1ccc2ccccc2n1. The zero-order valence-corrected chi connectivity index (χ0v) is 7.68. The van der Waals surface area contributed by atoms with Gasteiger partial charge >= 0.3 is 5.97 Å². The van der Waals surface area contributed by atoms with Crippen LogP contribution in [-0.4, -0.2) is 21.8 Å². The number of carboxylic acid groups (broad SMARTS) is 1. The Balaban J connectivity index is 2.56. The third kappa shape index (κ3) is 1.69. The van der Waals surface area contributed by atoms with Crippen molar-refractivity contribution in [2.45, 2.75) is 0 Å². The highest BCUT2D eigenvalue weighted by Crippen LogP contribution is 2.11. The van der Waals surface area contributed by atoms with Crippen LogP contribution in [0.1, 0.15) is 10.5 Å². The third-order valence-electron chi connectivity index (χ3n) is 2.03. The predicted octanol–water partition coefficient (Wildman–Crippen LogP) is 1.50. The Bertz CT molecular complexity index is 548. The summed E-state index contributed by atoms with van der Waals surface area (Å²) >= 11 is 0.